The molecule has 4 nitrogen and oxygen atoms in total. The minimum atomic E-state index is -3.55. The number of aryl methyl sites for hydroxylation is 1. The van der Waals surface area contributed by atoms with Crippen LogP contribution >= 0.6 is 0 Å². The van der Waals surface area contributed by atoms with Gasteiger partial charge in [-0.3, -0.25) is 0 Å². The van der Waals surface area contributed by atoms with Gasteiger partial charge < -0.3 is 5.11 Å². The van der Waals surface area contributed by atoms with Gasteiger partial charge in [-0.1, -0.05) is 42.0 Å². The molecule has 0 aliphatic rings. The summed E-state index contributed by atoms with van der Waals surface area (Å²) in [5, 5.41) is 9.43. The van der Waals surface area contributed by atoms with Crippen molar-refractivity contribution in [3.05, 3.63) is 65.2 Å². The molecule has 112 valence electrons. The Morgan fingerprint density at radius 1 is 1.14 bits per heavy atom. The van der Waals surface area contributed by atoms with Crippen LogP contribution < -0.4 is 4.72 Å². The zero-order valence-corrected chi connectivity index (χ0v) is 12.9. The number of hydrogen-bond acceptors (Lipinski definition) is 3. The predicted octanol–water partition coefficient (Wildman–Crippen LogP) is 2.53. The quantitative estimate of drug-likeness (QED) is 0.892. The van der Waals surface area contributed by atoms with E-state index in [1.807, 2.05) is 31.2 Å². The molecular weight excluding hydrogens is 286 g/mol. The van der Waals surface area contributed by atoms with E-state index in [2.05, 4.69) is 4.72 Å². The second-order valence-electron chi connectivity index (χ2n) is 5.06. The number of hydrogen-bond donors (Lipinski definition) is 2. The summed E-state index contributed by atoms with van der Waals surface area (Å²) in [6, 6.07) is 13.9. The van der Waals surface area contributed by atoms with Gasteiger partial charge in [0.1, 0.15) is 0 Å². The maximum absolute atomic E-state index is 12.2. The van der Waals surface area contributed by atoms with Crippen molar-refractivity contribution in [3.63, 3.8) is 0 Å². The van der Waals surface area contributed by atoms with E-state index in [0.29, 0.717) is 5.56 Å². The molecule has 5 heteroatoms. The molecule has 2 N–H and O–H groups in total. The van der Waals surface area contributed by atoms with Crippen molar-refractivity contribution in [2.75, 3.05) is 0 Å². The van der Waals surface area contributed by atoms with Crippen LogP contribution in [0, 0.1) is 6.92 Å². The van der Waals surface area contributed by atoms with Crippen LogP contribution in [0.25, 0.3) is 0 Å². The first-order valence-electron chi connectivity index (χ1n) is 6.72. The highest BCUT2D eigenvalue weighted by Crippen LogP contribution is 2.16. The molecule has 0 aromatic heterocycles. The third kappa shape index (κ3) is 4.14. The van der Waals surface area contributed by atoms with Gasteiger partial charge in [-0.2, -0.15) is 0 Å². The zero-order valence-electron chi connectivity index (χ0n) is 12.1. The van der Waals surface area contributed by atoms with E-state index >= 15 is 0 Å². The van der Waals surface area contributed by atoms with E-state index in [0.717, 1.165) is 11.1 Å². The molecule has 0 heterocycles. The Hall–Kier alpha value is -1.69. The molecule has 0 aliphatic carbocycles. The Labute approximate surface area is 125 Å². The van der Waals surface area contributed by atoms with E-state index in [1.54, 1.807) is 19.1 Å². The maximum atomic E-state index is 12.2. The Balaban J connectivity index is 2.11. The molecule has 0 fully saturated rings. The van der Waals surface area contributed by atoms with Crippen LogP contribution in [0.3, 0.4) is 0 Å². The van der Waals surface area contributed by atoms with Crippen LogP contribution in [-0.4, -0.2) is 13.5 Å². The fourth-order valence-corrected chi connectivity index (χ4v) is 3.03. The van der Waals surface area contributed by atoms with Gasteiger partial charge >= 0.3 is 0 Å². The van der Waals surface area contributed by atoms with Crippen molar-refractivity contribution in [2.24, 2.45) is 0 Å². The molecular formula is C16H19NO3S. The first-order chi connectivity index (χ1) is 9.88. The third-order valence-corrected chi connectivity index (χ3v) is 4.64. The molecule has 0 radical (unpaired) electrons. The second kappa shape index (κ2) is 6.39. The standard InChI is InChI=1S/C16H19NO3S/c1-12-4-3-5-14(10-12)11-17-21(19,20)16-8-6-15(7-9-16)13(2)18/h3-10,13,17-18H,11H2,1-2H3. The molecule has 1 atom stereocenters. The van der Waals surface area contributed by atoms with E-state index in [-0.39, 0.29) is 11.4 Å². The minimum Gasteiger partial charge on any atom is -0.389 e. The summed E-state index contributed by atoms with van der Waals surface area (Å²) in [7, 11) is -3.55. The first kappa shape index (κ1) is 15.7. The average Bonchev–Trinajstić information content (AvgIpc) is 2.45. The Kier molecular flexibility index (Phi) is 4.77. The summed E-state index contributed by atoms with van der Waals surface area (Å²) >= 11 is 0. The van der Waals surface area contributed by atoms with Crippen LogP contribution in [0.2, 0.25) is 0 Å². The lowest BCUT2D eigenvalue weighted by atomic mass is 10.1. The van der Waals surface area contributed by atoms with Gasteiger partial charge in [-0.25, -0.2) is 13.1 Å². The number of rotatable bonds is 5. The smallest absolute Gasteiger partial charge is 0.240 e. The number of aliphatic hydroxyl groups is 1. The fourth-order valence-electron chi connectivity index (χ4n) is 2.01. The van der Waals surface area contributed by atoms with E-state index in [9.17, 15) is 13.5 Å². The summed E-state index contributed by atoms with van der Waals surface area (Å²) in [5.74, 6) is 0. The van der Waals surface area contributed by atoms with E-state index in [1.165, 1.54) is 12.1 Å². The van der Waals surface area contributed by atoms with Gasteiger partial charge in [0.25, 0.3) is 0 Å². The normalized spacial score (nSPS) is 13.1. The van der Waals surface area contributed by atoms with E-state index in [4.69, 9.17) is 0 Å². The highest BCUT2D eigenvalue weighted by molar-refractivity contribution is 7.89. The molecule has 0 saturated heterocycles. The third-order valence-electron chi connectivity index (χ3n) is 3.22. The van der Waals surface area contributed by atoms with Gasteiger partial charge in [0, 0.05) is 6.54 Å². The SMILES string of the molecule is Cc1cccc(CNS(=O)(=O)c2ccc(C(C)O)cc2)c1. The van der Waals surface area contributed by atoms with Gasteiger partial charge in [0.2, 0.25) is 10.0 Å². The summed E-state index contributed by atoms with van der Waals surface area (Å²) in [5.41, 5.74) is 2.69. The van der Waals surface area contributed by atoms with Crippen LogP contribution in [-0.2, 0) is 16.6 Å². The molecule has 0 spiro atoms. The minimum absolute atomic E-state index is 0.194. The monoisotopic (exact) mass is 305 g/mol. The largest absolute Gasteiger partial charge is 0.389 e. The fraction of sp³-hybridized carbons (Fsp3) is 0.250. The lowest BCUT2D eigenvalue weighted by molar-refractivity contribution is 0.199. The summed E-state index contributed by atoms with van der Waals surface area (Å²) in [6.07, 6.45) is -0.609. The van der Waals surface area contributed by atoms with E-state index < -0.39 is 16.1 Å². The molecule has 0 bridgehead atoms. The van der Waals surface area contributed by atoms with Crippen molar-refractivity contribution in [1.82, 2.24) is 4.72 Å². The van der Waals surface area contributed by atoms with Crippen LogP contribution in [0.1, 0.15) is 29.7 Å². The number of nitrogens with one attached hydrogen (secondary N) is 1. The van der Waals surface area contributed by atoms with Crippen LogP contribution in [0.5, 0.6) is 0 Å². The number of aliphatic hydroxyl groups excluding tert-OH is 1. The topological polar surface area (TPSA) is 66.4 Å². The Morgan fingerprint density at radius 3 is 2.38 bits per heavy atom. The number of sulfonamides is 1. The second-order valence-corrected chi connectivity index (χ2v) is 6.83. The number of benzene rings is 2. The van der Waals surface area contributed by atoms with Gasteiger partial charge in [-0.15, -0.1) is 0 Å². The van der Waals surface area contributed by atoms with Crippen LogP contribution in [0.15, 0.2) is 53.4 Å². The molecule has 0 amide bonds. The summed E-state index contributed by atoms with van der Waals surface area (Å²) in [4.78, 5) is 0.194. The molecule has 2 rings (SSSR count). The molecule has 2 aromatic rings. The maximum Gasteiger partial charge on any atom is 0.240 e. The molecule has 1 unspecified atom stereocenters. The zero-order chi connectivity index (χ0) is 15.5. The first-order valence-corrected chi connectivity index (χ1v) is 8.20. The van der Waals surface area contributed by atoms with Crippen LogP contribution in [0.4, 0.5) is 0 Å². The highest BCUT2D eigenvalue weighted by atomic mass is 32.2. The summed E-state index contributed by atoms with van der Waals surface area (Å²) in [6.45, 7) is 3.86. The van der Waals surface area contributed by atoms with Gasteiger partial charge in [-0.05, 0) is 37.1 Å². The predicted molar refractivity (Wildman–Crippen MR) is 82.3 cm³/mol. The van der Waals surface area contributed by atoms with Crippen molar-refractivity contribution in [2.45, 2.75) is 31.4 Å². The molecule has 21 heavy (non-hydrogen) atoms. The van der Waals surface area contributed by atoms with Gasteiger partial charge in [0.15, 0.2) is 0 Å². The average molecular weight is 305 g/mol. The summed E-state index contributed by atoms with van der Waals surface area (Å²) < 4.78 is 27.0. The lowest BCUT2D eigenvalue weighted by Crippen LogP contribution is -2.23. The molecule has 0 saturated carbocycles. The van der Waals surface area contributed by atoms with Crippen molar-refractivity contribution >= 4 is 10.0 Å². The lowest BCUT2D eigenvalue weighted by Gasteiger charge is -2.09. The van der Waals surface area contributed by atoms with Crippen molar-refractivity contribution < 1.29 is 13.5 Å². The molecule has 0 aliphatic heterocycles. The van der Waals surface area contributed by atoms with Gasteiger partial charge in [0.05, 0.1) is 11.0 Å². The molecule has 2 aromatic carbocycles. The Bertz CT molecular complexity index is 707. The van der Waals surface area contributed by atoms with Crippen molar-refractivity contribution in [3.8, 4) is 0 Å². The highest BCUT2D eigenvalue weighted by Gasteiger charge is 2.14. The Morgan fingerprint density at radius 2 is 1.81 bits per heavy atom. The van der Waals surface area contributed by atoms with Crippen molar-refractivity contribution in [1.29, 1.82) is 0 Å².